The summed E-state index contributed by atoms with van der Waals surface area (Å²) in [6.45, 7) is 0. The number of rotatable bonds is 3. The van der Waals surface area contributed by atoms with E-state index in [2.05, 4.69) is 10.5 Å². The normalized spacial score (nSPS) is 11.2. The Morgan fingerprint density at radius 1 is 0.846 bits per heavy atom. The minimum absolute atomic E-state index is 0.118. The van der Waals surface area contributed by atoms with E-state index < -0.39 is 0 Å². The van der Waals surface area contributed by atoms with Crippen molar-refractivity contribution in [3.63, 3.8) is 0 Å². The maximum Gasteiger partial charge on any atom is 0.271 e. The summed E-state index contributed by atoms with van der Waals surface area (Å²) in [6.07, 6.45) is 1.47. The quantitative estimate of drug-likeness (QED) is 0.427. The molecular weight excluding hydrogens is 324 g/mol. The fourth-order valence-electron chi connectivity index (χ4n) is 2.97. The van der Waals surface area contributed by atoms with E-state index in [4.69, 9.17) is 0 Å². The van der Waals surface area contributed by atoms with Gasteiger partial charge >= 0.3 is 0 Å². The van der Waals surface area contributed by atoms with E-state index in [1.54, 1.807) is 12.1 Å². The summed E-state index contributed by atoms with van der Waals surface area (Å²) in [5, 5.41) is 18.1. The topological polar surface area (TPSA) is 61.7 Å². The van der Waals surface area contributed by atoms with Crippen LogP contribution in [0.15, 0.2) is 84.0 Å². The summed E-state index contributed by atoms with van der Waals surface area (Å²) in [6, 6.07) is 24.5. The maximum atomic E-state index is 12.3. The first-order valence-corrected chi connectivity index (χ1v) is 8.25. The monoisotopic (exact) mass is 340 g/mol. The molecule has 0 aliphatic carbocycles. The third-order valence-electron chi connectivity index (χ3n) is 4.32. The molecule has 0 atom stereocenters. The Bertz CT molecular complexity index is 1150. The van der Waals surface area contributed by atoms with Gasteiger partial charge in [0.15, 0.2) is 0 Å². The number of nitrogens with zero attached hydrogens (tertiary/aromatic N) is 1. The molecule has 0 heterocycles. The van der Waals surface area contributed by atoms with Gasteiger partial charge in [-0.15, -0.1) is 0 Å². The molecule has 0 saturated heterocycles. The lowest BCUT2D eigenvalue weighted by Crippen LogP contribution is -2.17. The minimum atomic E-state index is -0.299. The second-order valence-electron chi connectivity index (χ2n) is 5.98. The van der Waals surface area contributed by atoms with Crippen molar-refractivity contribution >= 4 is 33.7 Å². The molecule has 4 heteroatoms. The van der Waals surface area contributed by atoms with Crippen molar-refractivity contribution in [1.82, 2.24) is 5.43 Å². The number of hydrazone groups is 1. The molecule has 126 valence electrons. The van der Waals surface area contributed by atoms with Crippen LogP contribution in [0.4, 0.5) is 0 Å². The first-order valence-electron chi connectivity index (χ1n) is 8.25. The Morgan fingerprint density at radius 2 is 1.54 bits per heavy atom. The highest BCUT2D eigenvalue weighted by Crippen LogP contribution is 2.25. The highest BCUT2D eigenvalue weighted by Gasteiger charge is 2.07. The Kier molecular flexibility index (Phi) is 4.07. The number of aromatic hydroxyl groups is 1. The van der Waals surface area contributed by atoms with Crippen molar-refractivity contribution in [1.29, 1.82) is 0 Å². The van der Waals surface area contributed by atoms with Crippen LogP contribution < -0.4 is 5.43 Å². The average molecular weight is 340 g/mol. The van der Waals surface area contributed by atoms with Gasteiger partial charge in [-0.05, 0) is 39.7 Å². The van der Waals surface area contributed by atoms with Crippen molar-refractivity contribution in [2.45, 2.75) is 0 Å². The SMILES string of the molecule is O=C(N/N=C\c1c(O)ccc2ccccc12)c1ccc2ccccc2c1. The van der Waals surface area contributed by atoms with Gasteiger partial charge in [0.25, 0.3) is 5.91 Å². The molecule has 26 heavy (non-hydrogen) atoms. The number of hydrogen-bond donors (Lipinski definition) is 2. The van der Waals surface area contributed by atoms with Gasteiger partial charge in [0, 0.05) is 11.1 Å². The van der Waals surface area contributed by atoms with Crippen LogP contribution in [0.25, 0.3) is 21.5 Å². The number of phenols is 1. The second kappa shape index (κ2) is 6.69. The van der Waals surface area contributed by atoms with Crippen LogP contribution in [-0.2, 0) is 0 Å². The Hall–Kier alpha value is -3.66. The van der Waals surface area contributed by atoms with Gasteiger partial charge in [-0.2, -0.15) is 5.10 Å². The second-order valence-corrected chi connectivity index (χ2v) is 5.98. The van der Waals surface area contributed by atoms with Crippen molar-refractivity contribution in [3.05, 3.63) is 90.0 Å². The standard InChI is InChI=1S/C22H16N2O2/c25-21-12-11-16-6-3-4-8-19(16)20(21)14-23-24-22(26)18-10-9-15-5-1-2-7-17(15)13-18/h1-14,25H,(H,24,26)/b23-14-. The van der Waals surface area contributed by atoms with E-state index in [0.29, 0.717) is 11.1 Å². The molecule has 0 aliphatic heterocycles. The smallest absolute Gasteiger partial charge is 0.271 e. The Morgan fingerprint density at radius 3 is 2.38 bits per heavy atom. The number of carbonyl (C=O) groups is 1. The summed E-state index contributed by atoms with van der Waals surface area (Å²) >= 11 is 0. The zero-order chi connectivity index (χ0) is 17.9. The Labute approximate surface area is 150 Å². The number of amides is 1. The number of fused-ring (bicyclic) bond motifs is 2. The largest absolute Gasteiger partial charge is 0.507 e. The van der Waals surface area contributed by atoms with E-state index in [0.717, 1.165) is 21.5 Å². The summed E-state index contributed by atoms with van der Waals surface area (Å²) in [4.78, 5) is 12.3. The molecule has 0 fully saturated rings. The van der Waals surface area contributed by atoms with Gasteiger partial charge in [0.05, 0.1) is 6.21 Å². The van der Waals surface area contributed by atoms with Crippen molar-refractivity contribution in [2.75, 3.05) is 0 Å². The van der Waals surface area contributed by atoms with E-state index in [1.807, 2.05) is 66.7 Å². The lowest BCUT2D eigenvalue weighted by atomic mass is 10.0. The first-order chi connectivity index (χ1) is 12.7. The summed E-state index contributed by atoms with van der Waals surface area (Å²) in [7, 11) is 0. The average Bonchev–Trinajstić information content (AvgIpc) is 2.69. The van der Waals surface area contributed by atoms with E-state index in [1.165, 1.54) is 6.21 Å². The van der Waals surface area contributed by atoms with E-state index in [-0.39, 0.29) is 11.7 Å². The molecule has 0 saturated carbocycles. The molecule has 0 aliphatic rings. The maximum absolute atomic E-state index is 12.3. The predicted molar refractivity (Wildman–Crippen MR) is 105 cm³/mol. The molecule has 4 aromatic rings. The van der Waals surface area contributed by atoms with Crippen LogP contribution in [0, 0.1) is 0 Å². The fourth-order valence-corrected chi connectivity index (χ4v) is 2.97. The summed E-state index contributed by atoms with van der Waals surface area (Å²) in [5.41, 5.74) is 3.63. The number of hydrogen-bond acceptors (Lipinski definition) is 3. The van der Waals surface area contributed by atoms with Crippen LogP contribution >= 0.6 is 0 Å². The molecule has 4 aromatic carbocycles. The van der Waals surface area contributed by atoms with Gasteiger partial charge in [-0.1, -0.05) is 60.7 Å². The predicted octanol–water partition coefficient (Wildman–Crippen LogP) is 4.46. The molecule has 4 nitrogen and oxygen atoms in total. The van der Waals surface area contributed by atoms with Gasteiger partial charge < -0.3 is 5.11 Å². The van der Waals surface area contributed by atoms with Crippen molar-refractivity contribution in [3.8, 4) is 5.75 Å². The van der Waals surface area contributed by atoms with E-state index >= 15 is 0 Å². The zero-order valence-corrected chi connectivity index (χ0v) is 13.9. The highest BCUT2D eigenvalue weighted by molar-refractivity contribution is 6.03. The van der Waals surface area contributed by atoms with Crippen LogP contribution in [0.2, 0.25) is 0 Å². The van der Waals surface area contributed by atoms with Crippen molar-refractivity contribution < 1.29 is 9.90 Å². The molecule has 0 spiro atoms. The lowest BCUT2D eigenvalue weighted by molar-refractivity contribution is 0.0955. The molecular formula is C22H16N2O2. The molecule has 0 bridgehead atoms. The molecule has 2 N–H and O–H groups in total. The first kappa shape index (κ1) is 15.8. The van der Waals surface area contributed by atoms with E-state index in [9.17, 15) is 9.90 Å². The fraction of sp³-hybridized carbons (Fsp3) is 0. The zero-order valence-electron chi connectivity index (χ0n) is 13.9. The highest BCUT2D eigenvalue weighted by atomic mass is 16.3. The summed E-state index contributed by atoms with van der Waals surface area (Å²) in [5.74, 6) is -0.181. The molecule has 0 unspecified atom stereocenters. The van der Waals surface area contributed by atoms with Gasteiger partial charge in [0.1, 0.15) is 5.75 Å². The number of benzene rings is 4. The third kappa shape index (κ3) is 3.00. The van der Waals surface area contributed by atoms with Gasteiger partial charge in [-0.25, -0.2) is 5.43 Å². The molecule has 1 amide bonds. The van der Waals surface area contributed by atoms with Crippen LogP contribution in [0.5, 0.6) is 5.75 Å². The lowest BCUT2D eigenvalue weighted by Gasteiger charge is -2.05. The van der Waals surface area contributed by atoms with Crippen LogP contribution in [0.3, 0.4) is 0 Å². The van der Waals surface area contributed by atoms with Gasteiger partial charge in [-0.3, -0.25) is 4.79 Å². The third-order valence-corrected chi connectivity index (χ3v) is 4.32. The number of carbonyl (C=O) groups excluding carboxylic acids is 1. The molecule has 0 aromatic heterocycles. The van der Waals surface area contributed by atoms with Crippen LogP contribution in [-0.4, -0.2) is 17.2 Å². The molecule has 4 rings (SSSR count). The summed E-state index contributed by atoms with van der Waals surface area (Å²) < 4.78 is 0. The number of nitrogens with one attached hydrogen (secondary N) is 1. The number of phenolic OH excluding ortho intramolecular Hbond substituents is 1. The van der Waals surface area contributed by atoms with Gasteiger partial charge in [0.2, 0.25) is 0 Å². The Balaban J connectivity index is 1.58. The van der Waals surface area contributed by atoms with Crippen LogP contribution in [0.1, 0.15) is 15.9 Å². The van der Waals surface area contributed by atoms with Crippen molar-refractivity contribution in [2.24, 2.45) is 5.10 Å². The molecule has 0 radical (unpaired) electrons. The minimum Gasteiger partial charge on any atom is -0.507 e.